The third kappa shape index (κ3) is 4.73. The van der Waals surface area contributed by atoms with Crippen LogP contribution in [0.1, 0.15) is 15.9 Å². The monoisotopic (exact) mass is 385 g/mol. The Balaban J connectivity index is 2.06. The van der Waals surface area contributed by atoms with Gasteiger partial charge >= 0.3 is 18.0 Å². The zero-order valence-electron chi connectivity index (χ0n) is 12.9. The SMILES string of the molecule is Nc1ccc(C(=O)NC(=O)C(=O)Nc2ccc(Cl)c(C(F)(F)F)c2)cc1. The van der Waals surface area contributed by atoms with Crippen LogP contribution in [0.25, 0.3) is 0 Å². The number of halogens is 4. The van der Waals surface area contributed by atoms with Gasteiger partial charge in [-0.05, 0) is 42.5 Å². The second-order valence-corrected chi connectivity index (χ2v) is 5.46. The number of alkyl halides is 3. The van der Waals surface area contributed by atoms with Crippen LogP contribution in [0, 0.1) is 0 Å². The Labute approximate surface area is 150 Å². The molecule has 2 aromatic rings. The molecule has 0 aliphatic rings. The van der Waals surface area contributed by atoms with Crippen LogP contribution in [0.2, 0.25) is 5.02 Å². The van der Waals surface area contributed by atoms with Gasteiger partial charge in [0, 0.05) is 16.9 Å². The molecule has 0 radical (unpaired) electrons. The molecular weight excluding hydrogens is 375 g/mol. The Kier molecular flexibility index (Phi) is 5.51. The highest BCUT2D eigenvalue weighted by Crippen LogP contribution is 2.36. The highest BCUT2D eigenvalue weighted by atomic mass is 35.5. The molecule has 6 nitrogen and oxygen atoms in total. The van der Waals surface area contributed by atoms with Crippen molar-refractivity contribution in [1.29, 1.82) is 0 Å². The van der Waals surface area contributed by atoms with E-state index in [0.717, 1.165) is 12.1 Å². The third-order valence-corrected chi connectivity index (χ3v) is 3.47. The van der Waals surface area contributed by atoms with Crippen molar-refractivity contribution in [1.82, 2.24) is 5.32 Å². The third-order valence-electron chi connectivity index (χ3n) is 3.14. The van der Waals surface area contributed by atoms with Crippen LogP contribution in [-0.4, -0.2) is 17.7 Å². The summed E-state index contributed by atoms with van der Waals surface area (Å²) < 4.78 is 38.3. The lowest BCUT2D eigenvalue weighted by atomic mass is 10.2. The second-order valence-electron chi connectivity index (χ2n) is 5.05. The summed E-state index contributed by atoms with van der Waals surface area (Å²) in [4.78, 5) is 35.3. The van der Waals surface area contributed by atoms with E-state index in [1.54, 1.807) is 0 Å². The number of amides is 3. The molecule has 0 saturated heterocycles. The van der Waals surface area contributed by atoms with Crippen LogP contribution in [0.4, 0.5) is 24.5 Å². The Hall–Kier alpha value is -3.07. The molecule has 0 atom stereocenters. The number of carbonyl (C=O) groups is 3. The normalized spacial score (nSPS) is 10.9. The first kappa shape index (κ1) is 19.3. The first-order chi connectivity index (χ1) is 12.1. The van der Waals surface area contributed by atoms with Gasteiger partial charge in [0.05, 0.1) is 10.6 Å². The predicted octanol–water partition coefficient (Wildman–Crippen LogP) is 2.84. The van der Waals surface area contributed by atoms with Crippen LogP contribution in [-0.2, 0) is 15.8 Å². The van der Waals surface area contributed by atoms with Crippen molar-refractivity contribution in [3.05, 3.63) is 58.6 Å². The van der Waals surface area contributed by atoms with E-state index in [2.05, 4.69) is 0 Å². The molecule has 4 N–H and O–H groups in total. The number of anilines is 2. The van der Waals surface area contributed by atoms with Crippen molar-refractivity contribution < 1.29 is 27.6 Å². The van der Waals surface area contributed by atoms with E-state index in [1.807, 2.05) is 10.6 Å². The molecule has 0 bridgehead atoms. The van der Waals surface area contributed by atoms with Crippen molar-refractivity contribution in [3.63, 3.8) is 0 Å². The number of hydrogen-bond acceptors (Lipinski definition) is 4. The lowest BCUT2D eigenvalue weighted by molar-refractivity contribution is -0.137. The maximum Gasteiger partial charge on any atom is 0.417 e. The number of benzene rings is 2. The zero-order chi connectivity index (χ0) is 19.5. The predicted molar refractivity (Wildman–Crippen MR) is 88.4 cm³/mol. The van der Waals surface area contributed by atoms with Crippen LogP contribution in [0.3, 0.4) is 0 Å². The zero-order valence-corrected chi connectivity index (χ0v) is 13.6. The van der Waals surface area contributed by atoms with Gasteiger partial charge in [0.1, 0.15) is 0 Å². The minimum absolute atomic E-state index is 0.0752. The number of rotatable bonds is 2. The largest absolute Gasteiger partial charge is 0.417 e. The van der Waals surface area contributed by atoms with Crippen molar-refractivity contribution in [2.24, 2.45) is 0 Å². The summed E-state index contributed by atoms with van der Waals surface area (Å²) in [5, 5.41) is 3.22. The van der Waals surface area contributed by atoms with Gasteiger partial charge in [-0.25, -0.2) is 0 Å². The van der Waals surface area contributed by atoms with E-state index in [0.29, 0.717) is 11.8 Å². The number of imide groups is 1. The van der Waals surface area contributed by atoms with E-state index in [1.165, 1.54) is 24.3 Å². The quantitative estimate of drug-likeness (QED) is 0.546. The highest BCUT2D eigenvalue weighted by molar-refractivity contribution is 6.42. The molecule has 0 aliphatic heterocycles. The molecule has 2 rings (SSSR count). The number of carbonyl (C=O) groups excluding carboxylic acids is 3. The summed E-state index contributed by atoms with van der Waals surface area (Å²) in [6, 6.07) is 8.12. The van der Waals surface area contributed by atoms with E-state index in [4.69, 9.17) is 17.3 Å². The fourth-order valence-electron chi connectivity index (χ4n) is 1.87. The Morgan fingerprint density at radius 1 is 0.962 bits per heavy atom. The molecule has 0 spiro atoms. The maximum absolute atomic E-state index is 12.8. The van der Waals surface area contributed by atoms with Crippen molar-refractivity contribution >= 4 is 40.7 Å². The Morgan fingerprint density at radius 3 is 2.15 bits per heavy atom. The summed E-state index contributed by atoms with van der Waals surface area (Å²) in [7, 11) is 0. The fraction of sp³-hybridized carbons (Fsp3) is 0.0625. The number of nitrogens with two attached hydrogens (primary N) is 1. The molecule has 0 aromatic heterocycles. The molecular formula is C16H11ClF3N3O3. The van der Waals surface area contributed by atoms with E-state index >= 15 is 0 Å². The van der Waals surface area contributed by atoms with Gasteiger partial charge in [0.25, 0.3) is 5.91 Å². The minimum Gasteiger partial charge on any atom is -0.399 e. The van der Waals surface area contributed by atoms with Crippen molar-refractivity contribution in [2.75, 3.05) is 11.1 Å². The number of nitrogens with one attached hydrogen (secondary N) is 2. The molecule has 10 heteroatoms. The van der Waals surface area contributed by atoms with Crippen LogP contribution >= 0.6 is 11.6 Å². The summed E-state index contributed by atoms with van der Waals surface area (Å²) in [6.45, 7) is 0. The van der Waals surface area contributed by atoms with Crippen LogP contribution in [0.5, 0.6) is 0 Å². The summed E-state index contributed by atoms with van der Waals surface area (Å²) in [6.07, 6.45) is -4.73. The van der Waals surface area contributed by atoms with E-state index < -0.39 is 34.5 Å². The van der Waals surface area contributed by atoms with Crippen molar-refractivity contribution in [2.45, 2.75) is 6.18 Å². The van der Waals surface area contributed by atoms with E-state index in [9.17, 15) is 27.6 Å². The highest BCUT2D eigenvalue weighted by Gasteiger charge is 2.33. The topological polar surface area (TPSA) is 101 Å². The maximum atomic E-state index is 12.8. The molecule has 0 unspecified atom stereocenters. The summed E-state index contributed by atoms with van der Waals surface area (Å²) in [5.74, 6) is -3.52. The first-order valence-electron chi connectivity index (χ1n) is 6.97. The van der Waals surface area contributed by atoms with Gasteiger partial charge in [-0.15, -0.1) is 0 Å². The Bertz CT molecular complexity index is 867. The van der Waals surface area contributed by atoms with Gasteiger partial charge in [0.15, 0.2) is 0 Å². The fourth-order valence-corrected chi connectivity index (χ4v) is 2.10. The lowest BCUT2D eigenvalue weighted by Gasteiger charge is -2.11. The lowest BCUT2D eigenvalue weighted by Crippen LogP contribution is -2.39. The molecule has 0 heterocycles. The Morgan fingerprint density at radius 2 is 1.58 bits per heavy atom. The standard InChI is InChI=1S/C16H11ClF3N3O3/c17-12-6-5-10(7-11(12)16(18,19)20)22-14(25)15(26)23-13(24)8-1-3-9(21)4-2-8/h1-7H,21H2,(H,22,25)(H,23,24,26). The summed E-state index contributed by atoms with van der Waals surface area (Å²) in [5.41, 5.74) is 4.46. The van der Waals surface area contributed by atoms with Crippen LogP contribution in [0.15, 0.2) is 42.5 Å². The molecule has 26 heavy (non-hydrogen) atoms. The molecule has 136 valence electrons. The molecule has 0 fully saturated rings. The van der Waals surface area contributed by atoms with Gasteiger partial charge < -0.3 is 11.1 Å². The average molecular weight is 386 g/mol. The van der Waals surface area contributed by atoms with Gasteiger partial charge in [0.2, 0.25) is 0 Å². The van der Waals surface area contributed by atoms with Gasteiger partial charge in [-0.3, -0.25) is 19.7 Å². The molecule has 3 amide bonds. The molecule has 0 aliphatic carbocycles. The summed E-state index contributed by atoms with van der Waals surface area (Å²) >= 11 is 5.46. The molecule has 0 saturated carbocycles. The van der Waals surface area contributed by atoms with Crippen LogP contribution < -0.4 is 16.4 Å². The van der Waals surface area contributed by atoms with Crippen molar-refractivity contribution in [3.8, 4) is 0 Å². The number of nitrogen functional groups attached to an aromatic ring is 1. The average Bonchev–Trinajstić information content (AvgIpc) is 2.56. The second kappa shape index (κ2) is 7.44. The minimum atomic E-state index is -4.73. The smallest absolute Gasteiger partial charge is 0.399 e. The molecule has 2 aromatic carbocycles. The van der Waals surface area contributed by atoms with Gasteiger partial charge in [-0.2, -0.15) is 13.2 Å². The first-order valence-corrected chi connectivity index (χ1v) is 7.34. The number of hydrogen-bond donors (Lipinski definition) is 3. The van der Waals surface area contributed by atoms with E-state index in [-0.39, 0.29) is 11.3 Å². The van der Waals surface area contributed by atoms with Gasteiger partial charge in [-0.1, -0.05) is 11.6 Å².